The Morgan fingerprint density at radius 1 is 1.15 bits per heavy atom. The van der Waals surface area contributed by atoms with Crippen LogP contribution in [-0.2, 0) is 0 Å². The van der Waals surface area contributed by atoms with Gasteiger partial charge in [0.2, 0.25) is 0 Å². The molecular formula is C7H4F4O2. The van der Waals surface area contributed by atoms with Gasteiger partial charge in [-0.25, -0.2) is 8.78 Å². The summed E-state index contributed by atoms with van der Waals surface area (Å²) in [5.74, 6) is -4.65. The minimum atomic E-state index is -3.31. The van der Waals surface area contributed by atoms with Crippen molar-refractivity contribution in [3.8, 4) is 11.5 Å². The zero-order valence-electron chi connectivity index (χ0n) is 6.10. The van der Waals surface area contributed by atoms with Crippen molar-refractivity contribution in [2.24, 2.45) is 0 Å². The molecule has 1 aromatic rings. The third-order valence-corrected chi connectivity index (χ3v) is 1.19. The fourth-order valence-electron chi connectivity index (χ4n) is 0.748. The van der Waals surface area contributed by atoms with Crippen molar-refractivity contribution >= 4 is 0 Å². The van der Waals surface area contributed by atoms with E-state index in [9.17, 15) is 17.6 Å². The van der Waals surface area contributed by atoms with Crippen LogP contribution in [0.25, 0.3) is 0 Å². The van der Waals surface area contributed by atoms with Crippen molar-refractivity contribution in [2.75, 3.05) is 0 Å². The second kappa shape index (κ2) is 3.51. The van der Waals surface area contributed by atoms with E-state index in [0.29, 0.717) is 12.1 Å². The molecule has 72 valence electrons. The number of hydrogen-bond donors (Lipinski definition) is 1. The number of benzene rings is 1. The Kier molecular flexibility index (Phi) is 2.60. The van der Waals surface area contributed by atoms with E-state index in [-0.39, 0.29) is 0 Å². The lowest BCUT2D eigenvalue weighted by atomic mass is 10.3. The van der Waals surface area contributed by atoms with E-state index in [4.69, 9.17) is 5.11 Å². The molecule has 0 saturated carbocycles. The van der Waals surface area contributed by atoms with Gasteiger partial charge in [0.15, 0.2) is 17.4 Å². The second-order valence-corrected chi connectivity index (χ2v) is 2.12. The highest BCUT2D eigenvalue weighted by molar-refractivity contribution is 5.33. The standard InChI is InChI=1S/C7H4F4O2/c8-4-1-3(12)2-5(9)6(4)13-7(10)11/h1-2,7,12H. The Bertz CT molecular complexity index is 290. The van der Waals surface area contributed by atoms with Crippen LogP contribution in [0.2, 0.25) is 0 Å². The molecule has 0 radical (unpaired) electrons. The van der Waals surface area contributed by atoms with Crippen LogP contribution < -0.4 is 4.74 Å². The summed E-state index contributed by atoms with van der Waals surface area (Å²) in [6.45, 7) is -3.31. The summed E-state index contributed by atoms with van der Waals surface area (Å²) in [5, 5.41) is 8.63. The normalized spacial score (nSPS) is 10.5. The van der Waals surface area contributed by atoms with Gasteiger partial charge < -0.3 is 9.84 Å². The summed E-state index contributed by atoms with van der Waals surface area (Å²) < 4.78 is 51.9. The lowest BCUT2D eigenvalue weighted by Crippen LogP contribution is -2.05. The van der Waals surface area contributed by atoms with Gasteiger partial charge in [0.25, 0.3) is 0 Å². The molecule has 0 fully saturated rings. The number of aromatic hydroxyl groups is 1. The van der Waals surface area contributed by atoms with Gasteiger partial charge in [0.05, 0.1) is 0 Å². The van der Waals surface area contributed by atoms with E-state index in [1.807, 2.05) is 0 Å². The number of rotatable bonds is 2. The smallest absolute Gasteiger partial charge is 0.387 e. The monoisotopic (exact) mass is 196 g/mol. The lowest BCUT2D eigenvalue weighted by molar-refractivity contribution is -0.0547. The van der Waals surface area contributed by atoms with Crippen LogP contribution in [0.3, 0.4) is 0 Å². The molecule has 13 heavy (non-hydrogen) atoms. The number of phenolic OH excluding ortho intramolecular Hbond substituents is 1. The molecule has 2 nitrogen and oxygen atoms in total. The van der Waals surface area contributed by atoms with Crippen LogP contribution in [0.4, 0.5) is 17.6 Å². The van der Waals surface area contributed by atoms with Crippen LogP contribution in [0.5, 0.6) is 11.5 Å². The molecule has 1 rings (SSSR count). The summed E-state index contributed by atoms with van der Waals surface area (Å²) in [7, 11) is 0. The van der Waals surface area contributed by atoms with Gasteiger partial charge in [-0.2, -0.15) is 8.78 Å². The molecule has 0 aliphatic carbocycles. The first-order valence-electron chi connectivity index (χ1n) is 3.13. The highest BCUT2D eigenvalue weighted by Crippen LogP contribution is 2.27. The average Bonchev–Trinajstić information content (AvgIpc) is 1.96. The third kappa shape index (κ3) is 2.24. The van der Waals surface area contributed by atoms with Gasteiger partial charge in [-0.1, -0.05) is 0 Å². The average molecular weight is 196 g/mol. The van der Waals surface area contributed by atoms with Crippen molar-refractivity contribution in [1.29, 1.82) is 0 Å². The van der Waals surface area contributed by atoms with Gasteiger partial charge in [-0.15, -0.1) is 0 Å². The summed E-state index contributed by atoms with van der Waals surface area (Å²) in [6, 6.07) is 0.946. The Balaban J connectivity index is 3.06. The minimum Gasteiger partial charge on any atom is -0.508 e. The van der Waals surface area contributed by atoms with Crippen molar-refractivity contribution in [1.82, 2.24) is 0 Å². The topological polar surface area (TPSA) is 29.5 Å². The molecule has 0 aliphatic rings. The van der Waals surface area contributed by atoms with Gasteiger partial charge in [0.1, 0.15) is 5.75 Å². The fraction of sp³-hybridized carbons (Fsp3) is 0.143. The summed E-state index contributed by atoms with van der Waals surface area (Å²) >= 11 is 0. The maximum Gasteiger partial charge on any atom is 0.387 e. The zero-order valence-corrected chi connectivity index (χ0v) is 6.10. The zero-order chi connectivity index (χ0) is 10.0. The van der Waals surface area contributed by atoms with Gasteiger partial charge in [-0.3, -0.25) is 0 Å². The molecule has 0 amide bonds. The van der Waals surface area contributed by atoms with Gasteiger partial charge >= 0.3 is 6.61 Å². The number of halogens is 4. The predicted molar refractivity (Wildman–Crippen MR) is 34.7 cm³/mol. The Morgan fingerprint density at radius 3 is 2.00 bits per heavy atom. The van der Waals surface area contributed by atoms with Crippen molar-refractivity contribution in [3.05, 3.63) is 23.8 Å². The molecule has 0 spiro atoms. The summed E-state index contributed by atoms with van der Waals surface area (Å²) in [5.41, 5.74) is 0. The summed E-state index contributed by atoms with van der Waals surface area (Å²) in [6.07, 6.45) is 0. The number of ether oxygens (including phenoxy) is 1. The van der Waals surface area contributed by atoms with Crippen molar-refractivity contribution < 1.29 is 27.4 Å². The first kappa shape index (κ1) is 9.63. The fourth-order valence-corrected chi connectivity index (χ4v) is 0.748. The van der Waals surface area contributed by atoms with Crippen LogP contribution >= 0.6 is 0 Å². The van der Waals surface area contributed by atoms with Crippen molar-refractivity contribution in [3.63, 3.8) is 0 Å². The van der Waals surface area contributed by atoms with E-state index in [1.165, 1.54) is 0 Å². The predicted octanol–water partition coefficient (Wildman–Crippen LogP) is 2.27. The van der Waals surface area contributed by atoms with E-state index >= 15 is 0 Å². The molecule has 0 aliphatic heterocycles. The molecule has 0 atom stereocenters. The minimum absolute atomic E-state index is 0.473. The van der Waals surface area contributed by atoms with Crippen LogP contribution in [0.15, 0.2) is 12.1 Å². The van der Waals surface area contributed by atoms with Crippen LogP contribution in [-0.4, -0.2) is 11.7 Å². The Labute approximate surface area is 70.4 Å². The SMILES string of the molecule is Oc1cc(F)c(OC(F)F)c(F)c1. The molecule has 1 N–H and O–H groups in total. The molecule has 0 aromatic heterocycles. The van der Waals surface area contributed by atoms with Crippen LogP contribution in [0.1, 0.15) is 0 Å². The van der Waals surface area contributed by atoms with E-state index in [1.54, 1.807) is 0 Å². The number of phenols is 1. The maximum absolute atomic E-state index is 12.6. The highest BCUT2D eigenvalue weighted by atomic mass is 19.3. The first-order chi connectivity index (χ1) is 6.00. The number of alkyl halides is 2. The Morgan fingerprint density at radius 2 is 1.62 bits per heavy atom. The summed E-state index contributed by atoms with van der Waals surface area (Å²) in [4.78, 5) is 0. The first-order valence-corrected chi connectivity index (χ1v) is 3.13. The Hall–Kier alpha value is -1.46. The molecule has 0 heterocycles. The number of hydrogen-bond acceptors (Lipinski definition) is 2. The molecule has 1 aromatic carbocycles. The second-order valence-electron chi connectivity index (χ2n) is 2.12. The highest BCUT2D eigenvalue weighted by Gasteiger charge is 2.16. The molecule has 0 saturated heterocycles. The quantitative estimate of drug-likeness (QED) is 0.735. The van der Waals surface area contributed by atoms with Crippen LogP contribution in [0, 0.1) is 11.6 Å². The largest absolute Gasteiger partial charge is 0.508 e. The van der Waals surface area contributed by atoms with Gasteiger partial charge in [0, 0.05) is 12.1 Å². The molecule has 6 heteroatoms. The van der Waals surface area contributed by atoms with Crippen molar-refractivity contribution in [2.45, 2.75) is 6.61 Å². The van der Waals surface area contributed by atoms with E-state index in [2.05, 4.69) is 4.74 Å². The maximum atomic E-state index is 12.6. The lowest BCUT2D eigenvalue weighted by Gasteiger charge is -2.06. The molecule has 0 unspecified atom stereocenters. The van der Waals surface area contributed by atoms with E-state index < -0.39 is 29.7 Å². The van der Waals surface area contributed by atoms with Gasteiger partial charge in [-0.05, 0) is 0 Å². The third-order valence-electron chi connectivity index (χ3n) is 1.19. The van der Waals surface area contributed by atoms with E-state index in [0.717, 1.165) is 0 Å². The molecular weight excluding hydrogens is 192 g/mol. The molecule has 0 bridgehead atoms.